The van der Waals surface area contributed by atoms with Crippen molar-refractivity contribution in [2.24, 2.45) is 0 Å². The highest BCUT2D eigenvalue weighted by Crippen LogP contribution is 2.44. The number of nitrogens with zero attached hydrogens (tertiary/aromatic N) is 4. The molecule has 15 heteroatoms. The van der Waals surface area contributed by atoms with Crippen LogP contribution in [-0.4, -0.2) is 100 Å². The number of fused-ring (bicyclic) bond motifs is 1. The van der Waals surface area contributed by atoms with Gasteiger partial charge in [-0.25, -0.2) is 9.78 Å². The molecule has 6 aromatic rings. The molecule has 2 aliphatic heterocycles. The van der Waals surface area contributed by atoms with Gasteiger partial charge in [-0.1, -0.05) is 89.1 Å². The third kappa shape index (κ3) is 14.7. The Morgan fingerprint density at radius 3 is 1.51 bits per heavy atom. The van der Waals surface area contributed by atoms with Crippen molar-refractivity contribution in [3.8, 4) is 44.8 Å². The van der Waals surface area contributed by atoms with Crippen LogP contribution in [0.1, 0.15) is 73.1 Å². The molecular formula is C46H60N8O5S2. The Balaban J connectivity index is 0.000000219. The fourth-order valence-electron chi connectivity index (χ4n) is 6.29. The van der Waals surface area contributed by atoms with Crippen LogP contribution >= 0.6 is 22.7 Å². The van der Waals surface area contributed by atoms with E-state index in [0.29, 0.717) is 0 Å². The lowest BCUT2D eigenvalue weighted by atomic mass is 10.0. The molecule has 0 radical (unpaired) electrons. The second kappa shape index (κ2) is 25.7. The zero-order valence-corrected chi connectivity index (χ0v) is 37.8. The summed E-state index contributed by atoms with van der Waals surface area (Å²) < 4.78 is 7.04. The van der Waals surface area contributed by atoms with E-state index in [-0.39, 0.29) is 30.8 Å². The quantitative estimate of drug-likeness (QED) is 0.118. The van der Waals surface area contributed by atoms with Gasteiger partial charge < -0.3 is 30.2 Å². The third-order valence-electron chi connectivity index (χ3n) is 9.27. The lowest BCUT2D eigenvalue weighted by Crippen LogP contribution is -2.38. The van der Waals surface area contributed by atoms with E-state index >= 15 is 0 Å². The maximum absolute atomic E-state index is 11.3. The third-order valence-corrected chi connectivity index (χ3v) is 11.4. The van der Waals surface area contributed by atoms with E-state index in [1.165, 1.54) is 58.5 Å². The molecule has 2 fully saturated rings. The number of amides is 4. The summed E-state index contributed by atoms with van der Waals surface area (Å²) >= 11 is 3.64. The summed E-state index contributed by atoms with van der Waals surface area (Å²) in [4.78, 5) is 54.5. The van der Waals surface area contributed by atoms with Crippen LogP contribution in [0.4, 0.5) is 4.79 Å². The Morgan fingerprint density at radius 2 is 1.11 bits per heavy atom. The van der Waals surface area contributed by atoms with Crippen LogP contribution in [-0.2, 0) is 19.1 Å². The monoisotopic (exact) mass is 868 g/mol. The second-order valence-corrected chi connectivity index (χ2v) is 16.2. The first-order valence-corrected chi connectivity index (χ1v) is 22.7. The molecule has 2 saturated heterocycles. The predicted octanol–water partition coefficient (Wildman–Crippen LogP) is 9.62. The van der Waals surface area contributed by atoms with Crippen LogP contribution < -0.4 is 10.6 Å². The number of aromatic nitrogens is 4. The van der Waals surface area contributed by atoms with Crippen LogP contribution in [0.15, 0.2) is 84.1 Å². The van der Waals surface area contributed by atoms with Gasteiger partial charge >= 0.3 is 6.09 Å². The summed E-state index contributed by atoms with van der Waals surface area (Å²) in [5.41, 5.74) is 9.45. The van der Waals surface area contributed by atoms with Gasteiger partial charge in [-0.2, -0.15) is 5.10 Å². The van der Waals surface area contributed by atoms with Crippen LogP contribution in [0.2, 0.25) is 0 Å². The molecule has 4 amide bonds. The summed E-state index contributed by atoms with van der Waals surface area (Å²) in [6.07, 6.45) is 11.6. The molecule has 4 aromatic heterocycles. The number of likely N-dealkylation sites (tertiary alicyclic amines) is 2. The van der Waals surface area contributed by atoms with Crippen molar-refractivity contribution in [2.75, 3.05) is 46.4 Å². The lowest BCUT2D eigenvalue weighted by molar-refractivity contribution is -0.131. The maximum Gasteiger partial charge on any atom is 0.407 e. The largest absolute Gasteiger partial charge is 0.453 e. The highest BCUT2D eigenvalue weighted by Gasteiger charge is 2.19. The number of benzene rings is 2. The molecule has 0 atom stereocenters. The second-order valence-electron chi connectivity index (χ2n) is 14.4. The number of alkyl carbamates (subject to hydrolysis) is 1. The van der Waals surface area contributed by atoms with Gasteiger partial charge in [0.05, 0.1) is 47.0 Å². The summed E-state index contributed by atoms with van der Waals surface area (Å²) in [5.74, 6) is -0.159. The maximum atomic E-state index is 11.3. The molecule has 0 spiro atoms. The number of hydrogen-bond acceptors (Lipinski definition) is 9. The summed E-state index contributed by atoms with van der Waals surface area (Å²) in [6.45, 7) is 13.4. The number of thiophene rings is 2. The van der Waals surface area contributed by atoms with Crippen molar-refractivity contribution in [2.45, 2.75) is 73.1 Å². The van der Waals surface area contributed by atoms with E-state index in [1.807, 2.05) is 34.9 Å². The molecule has 8 rings (SSSR count). The van der Waals surface area contributed by atoms with Gasteiger partial charge in [0.1, 0.15) is 6.54 Å². The van der Waals surface area contributed by atoms with Gasteiger partial charge in [-0.3, -0.25) is 19.5 Å². The number of H-pyrrole nitrogens is 2. The minimum atomic E-state index is -0.562. The number of carbonyl (C=O) groups is 4. The molecule has 61 heavy (non-hydrogen) atoms. The first-order valence-electron chi connectivity index (χ1n) is 20.9. The summed E-state index contributed by atoms with van der Waals surface area (Å²) in [7, 11) is 1.27. The molecule has 4 N–H and O–H groups in total. The molecule has 0 bridgehead atoms. The average molecular weight is 869 g/mol. The Bertz CT molecular complexity index is 2070. The topological polar surface area (TPSA) is 165 Å². The van der Waals surface area contributed by atoms with Crippen LogP contribution in [0.25, 0.3) is 54.2 Å². The average Bonchev–Trinajstić information content (AvgIpc) is 4.13. The highest BCUT2D eigenvalue weighted by atomic mass is 32.1. The van der Waals surface area contributed by atoms with Crippen molar-refractivity contribution in [3.63, 3.8) is 0 Å². The van der Waals surface area contributed by atoms with E-state index in [1.54, 1.807) is 22.3 Å². The number of nitrogens with one attached hydrogen (secondary N) is 4. The molecule has 326 valence electrons. The van der Waals surface area contributed by atoms with E-state index in [4.69, 9.17) is 0 Å². The first kappa shape index (κ1) is 47.9. The van der Waals surface area contributed by atoms with Gasteiger partial charge in [0.15, 0.2) is 0 Å². The molecule has 0 aliphatic carbocycles. The minimum absolute atomic E-state index is 0.0303. The van der Waals surface area contributed by atoms with Crippen molar-refractivity contribution < 1.29 is 23.9 Å². The van der Waals surface area contributed by atoms with E-state index in [0.717, 1.165) is 74.4 Å². The van der Waals surface area contributed by atoms with E-state index in [2.05, 4.69) is 123 Å². The van der Waals surface area contributed by atoms with E-state index < -0.39 is 6.09 Å². The molecule has 13 nitrogen and oxygen atoms in total. The van der Waals surface area contributed by atoms with Gasteiger partial charge in [0.25, 0.3) is 0 Å². The van der Waals surface area contributed by atoms with E-state index in [9.17, 15) is 19.2 Å². The van der Waals surface area contributed by atoms with Crippen molar-refractivity contribution in [1.82, 2.24) is 40.6 Å². The zero-order chi connectivity index (χ0) is 44.0. The summed E-state index contributed by atoms with van der Waals surface area (Å²) in [6, 6.07) is 19.3. The number of aromatic amines is 2. The van der Waals surface area contributed by atoms with Crippen molar-refractivity contribution >= 4 is 55.9 Å². The number of imidazole rings is 1. The number of hydrogen-bond donors (Lipinski definition) is 4. The first-order chi connectivity index (χ1) is 29.6. The zero-order valence-electron chi connectivity index (χ0n) is 36.2. The number of methoxy groups -OCH3 is 1. The highest BCUT2D eigenvalue weighted by molar-refractivity contribution is 7.27. The fraction of sp³-hybridized carbons (Fsp3) is 0.391. The molecule has 6 heterocycles. The van der Waals surface area contributed by atoms with Crippen LogP contribution in [0.5, 0.6) is 0 Å². The van der Waals surface area contributed by atoms with Gasteiger partial charge in [-0.15, -0.1) is 22.7 Å². The Hall–Kier alpha value is -5.80. The molecular weight excluding hydrogens is 809 g/mol. The van der Waals surface area contributed by atoms with Gasteiger partial charge in [-0.05, 0) is 54.0 Å². The van der Waals surface area contributed by atoms with Crippen LogP contribution in [0.3, 0.4) is 0 Å². The standard InChI is InChI=1S/C24H16N4S2.C8H14N2O3.C8H14N2O2.2C3H8/c1-5-17(21-9-10-27-28-21)6-2-15(1)19-12-29-24-20(13-30-23(19)24)16-3-7-18(8-4-16)22-11-25-14-26-22;1-13-8(12)9-6-7(11)10-4-2-3-5-10;1-7(11)9-6-8(12)10-4-2-3-5-10;2*1-3-2/h1-14H,(H,25,26)(H,27,28);2-6H2,1H3,(H,9,12);2-6H2,1H3,(H,9,11);2*3H2,1-2H3. The fourth-order valence-corrected chi connectivity index (χ4v) is 8.74. The Labute approximate surface area is 367 Å². The number of carbonyl (C=O) groups excluding carboxylic acids is 4. The number of ether oxygens (including phenoxy) is 1. The van der Waals surface area contributed by atoms with Crippen LogP contribution in [0, 0.1) is 0 Å². The molecule has 2 aromatic carbocycles. The SMILES string of the molecule is CC(=O)NCC(=O)N1CCCC1.CCC.CCC.COC(=O)NCC(=O)N1CCCC1.c1cc(-c2ccc(-c3csc4c(-c5ccc(-c6cnc[nH]6)cc5)csc34)cc2)[nH]n1. The Morgan fingerprint density at radius 1 is 0.672 bits per heavy atom. The molecule has 0 saturated carbocycles. The predicted molar refractivity (Wildman–Crippen MR) is 248 cm³/mol. The lowest BCUT2D eigenvalue weighted by Gasteiger charge is -2.14. The normalized spacial score (nSPS) is 12.7. The Kier molecular flexibility index (Phi) is 20.2. The summed E-state index contributed by atoms with van der Waals surface area (Å²) in [5, 5.41) is 16.5. The number of rotatable bonds is 8. The smallest absolute Gasteiger partial charge is 0.407 e. The minimum Gasteiger partial charge on any atom is -0.453 e. The van der Waals surface area contributed by atoms with Gasteiger partial charge in [0, 0.05) is 61.2 Å². The molecule has 0 unspecified atom stereocenters. The van der Waals surface area contributed by atoms with Gasteiger partial charge in [0.2, 0.25) is 17.7 Å². The van der Waals surface area contributed by atoms with Crippen molar-refractivity contribution in [3.05, 3.63) is 84.1 Å². The molecule has 2 aliphatic rings. The van der Waals surface area contributed by atoms with Crippen molar-refractivity contribution in [1.29, 1.82) is 0 Å².